The van der Waals surface area contributed by atoms with Crippen molar-refractivity contribution in [3.8, 4) is 11.1 Å². The van der Waals surface area contributed by atoms with Gasteiger partial charge in [0.25, 0.3) is 0 Å². The van der Waals surface area contributed by atoms with E-state index in [1.54, 1.807) is 0 Å². The van der Waals surface area contributed by atoms with Gasteiger partial charge in [0.15, 0.2) is 0 Å². The van der Waals surface area contributed by atoms with Gasteiger partial charge in [-0.05, 0) is 91.5 Å². The van der Waals surface area contributed by atoms with E-state index < -0.39 is 18.3 Å². The summed E-state index contributed by atoms with van der Waals surface area (Å²) in [7, 11) is -0.474. The molecule has 39 heavy (non-hydrogen) atoms. The normalized spacial score (nSPS) is 16.9. The molecule has 5 aromatic carbocycles. The minimum Gasteiger partial charge on any atom is -0.456 e. The van der Waals surface area contributed by atoms with Crippen LogP contribution in [0.3, 0.4) is 0 Å². The molecule has 190 valence electrons. The quantitative estimate of drug-likeness (QED) is 0.219. The van der Waals surface area contributed by atoms with Gasteiger partial charge in [0, 0.05) is 21.5 Å². The minimum absolute atomic E-state index is 0.424. The average Bonchev–Trinajstić information content (AvgIpc) is 3.54. The van der Waals surface area contributed by atoms with Gasteiger partial charge in [-0.25, -0.2) is 0 Å². The van der Waals surface area contributed by atoms with Crippen LogP contribution in [0.4, 0.5) is 0 Å². The summed E-state index contributed by atoms with van der Waals surface area (Å²) in [5, 5.41) is 6.69. The second-order valence-corrected chi connectivity index (χ2v) is 11.6. The summed E-state index contributed by atoms with van der Waals surface area (Å²) in [5.74, 6) is 0. The van der Waals surface area contributed by atoms with E-state index in [0.717, 1.165) is 60.5 Å². The summed E-state index contributed by atoms with van der Waals surface area (Å²) in [6, 6.07) is 31.6. The molecule has 8 rings (SSSR count). The van der Waals surface area contributed by atoms with Crippen LogP contribution in [0.15, 0.2) is 99.8 Å². The van der Waals surface area contributed by atoms with Crippen LogP contribution in [0.2, 0.25) is 0 Å². The first-order valence-corrected chi connectivity index (χ1v) is 13.4. The van der Waals surface area contributed by atoms with Crippen LogP contribution in [0, 0.1) is 0 Å². The highest BCUT2D eigenvalue weighted by molar-refractivity contribution is 6.66. The maximum absolute atomic E-state index is 6.45. The fourth-order valence-electron chi connectivity index (χ4n) is 5.94. The molecule has 0 amide bonds. The van der Waals surface area contributed by atoms with E-state index >= 15 is 0 Å². The molecule has 0 spiro atoms. The summed E-state index contributed by atoms with van der Waals surface area (Å²) in [6.45, 7) is 8.32. The van der Waals surface area contributed by atoms with E-state index in [-0.39, 0.29) is 0 Å². The molecule has 0 bridgehead atoms. The predicted molar refractivity (Wildman–Crippen MR) is 160 cm³/mol. The number of furan rings is 2. The zero-order valence-corrected chi connectivity index (χ0v) is 22.4. The SMILES string of the molecule is CC1(C)OB(c2cccc3oc4ccc(-c5cccc6oc7cc8ccccc8cc7c56)cc4c23)OC1(C)C. The van der Waals surface area contributed by atoms with Crippen molar-refractivity contribution < 1.29 is 18.1 Å². The summed E-state index contributed by atoms with van der Waals surface area (Å²) in [6.07, 6.45) is 0. The van der Waals surface area contributed by atoms with E-state index in [0.29, 0.717) is 0 Å². The van der Waals surface area contributed by atoms with Crippen LogP contribution in [-0.2, 0) is 9.31 Å². The first-order chi connectivity index (χ1) is 18.8. The van der Waals surface area contributed by atoms with Crippen molar-refractivity contribution >= 4 is 67.2 Å². The second kappa shape index (κ2) is 7.75. The molecule has 2 aromatic heterocycles. The van der Waals surface area contributed by atoms with Gasteiger partial charge in [-0.3, -0.25) is 0 Å². The Hall–Kier alpha value is -4.06. The van der Waals surface area contributed by atoms with Gasteiger partial charge >= 0.3 is 7.12 Å². The second-order valence-electron chi connectivity index (χ2n) is 11.6. The molecular formula is C34H27BO4. The Balaban J connectivity index is 1.36. The fraction of sp³-hybridized carbons (Fsp3) is 0.176. The van der Waals surface area contributed by atoms with E-state index in [1.807, 2.05) is 18.2 Å². The van der Waals surface area contributed by atoms with Crippen LogP contribution in [0.1, 0.15) is 27.7 Å². The molecule has 1 saturated heterocycles. The molecule has 0 aliphatic carbocycles. The Morgan fingerprint density at radius 2 is 1.18 bits per heavy atom. The molecule has 4 nitrogen and oxygen atoms in total. The molecule has 1 fully saturated rings. The largest absolute Gasteiger partial charge is 0.495 e. The first kappa shape index (κ1) is 22.9. The lowest BCUT2D eigenvalue weighted by Gasteiger charge is -2.32. The van der Waals surface area contributed by atoms with Gasteiger partial charge < -0.3 is 18.1 Å². The standard InChI is InChI=1S/C34H27BO4/c1-33(2)34(3,4)39-35(38-33)26-12-8-14-29-32(26)24-18-22(15-16-27(24)36-29)23-11-7-13-28-31(23)25-17-20-9-5-6-10-21(20)19-30(25)37-28/h5-19H,1-4H3. The monoisotopic (exact) mass is 510 g/mol. The average molecular weight is 510 g/mol. The fourth-order valence-corrected chi connectivity index (χ4v) is 5.94. The highest BCUT2D eigenvalue weighted by Crippen LogP contribution is 2.41. The van der Waals surface area contributed by atoms with Crippen LogP contribution in [0.25, 0.3) is 65.8 Å². The third kappa shape index (κ3) is 3.27. The van der Waals surface area contributed by atoms with Crippen molar-refractivity contribution in [3.05, 3.63) is 91.0 Å². The number of rotatable bonds is 2. The summed E-state index contributed by atoms with van der Waals surface area (Å²) in [4.78, 5) is 0. The van der Waals surface area contributed by atoms with Crippen molar-refractivity contribution in [2.75, 3.05) is 0 Å². The van der Waals surface area contributed by atoms with E-state index in [1.165, 1.54) is 10.8 Å². The predicted octanol–water partition coefficient (Wildman–Crippen LogP) is 8.60. The smallest absolute Gasteiger partial charge is 0.456 e. The number of fused-ring (bicyclic) bond motifs is 7. The first-order valence-electron chi connectivity index (χ1n) is 13.4. The molecule has 0 unspecified atom stereocenters. The maximum Gasteiger partial charge on any atom is 0.495 e. The van der Waals surface area contributed by atoms with Gasteiger partial charge in [-0.15, -0.1) is 0 Å². The molecular weight excluding hydrogens is 483 g/mol. The summed E-state index contributed by atoms with van der Waals surface area (Å²) < 4.78 is 25.5. The molecule has 0 N–H and O–H groups in total. The van der Waals surface area contributed by atoms with Crippen molar-refractivity contribution in [1.82, 2.24) is 0 Å². The van der Waals surface area contributed by atoms with Crippen molar-refractivity contribution in [1.29, 1.82) is 0 Å². The molecule has 0 atom stereocenters. The zero-order valence-electron chi connectivity index (χ0n) is 22.4. The highest BCUT2D eigenvalue weighted by Gasteiger charge is 2.52. The van der Waals surface area contributed by atoms with Gasteiger partial charge in [0.05, 0.1) is 11.2 Å². The number of hydrogen-bond acceptors (Lipinski definition) is 4. The summed E-state index contributed by atoms with van der Waals surface area (Å²) >= 11 is 0. The Bertz CT molecular complexity index is 2080. The van der Waals surface area contributed by atoms with Crippen LogP contribution in [0.5, 0.6) is 0 Å². The van der Waals surface area contributed by atoms with Crippen LogP contribution in [-0.4, -0.2) is 18.3 Å². The Kier molecular flexibility index (Phi) is 4.55. The van der Waals surface area contributed by atoms with E-state index in [4.69, 9.17) is 18.1 Å². The van der Waals surface area contributed by atoms with Gasteiger partial charge in [-0.2, -0.15) is 0 Å². The van der Waals surface area contributed by atoms with Crippen molar-refractivity contribution in [2.24, 2.45) is 0 Å². The Morgan fingerprint density at radius 1 is 0.538 bits per heavy atom. The van der Waals surface area contributed by atoms with Crippen LogP contribution < -0.4 is 5.46 Å². The lowest BCUT2D eigenvalue weighted by atomic mass is 9.76. The number of hydrogen-bond donors (Lipinski definition) is 0. The Morgan fingerprint density at radius 3 is 1.95 bits per heavy atom. The Labute approximate surface area is 226 Å². The van der Waals surface area contributed by atoms with Crippen molar-refractivity contribution in [2.45, 2.75) is 38.9 Å². The van der Waals surface area contributed by atoms with Gasteiger partial charge in [-0.1, -0.05) is 54.6 Å². The molecule has 1 aliphatic rings. The van der Waals surface area contributed by atoms with Crippen LogP contribution >= 0.6 is 0 Å². The third-order valence-corrected chi connectivity index (χ3v) is 8.71. The molecule has 0 radical (unpaired) electrons. The lowest BCUT2D eigenvalue weighted by molar-refractivity contribution is 0.00578. The molecule has 1 aliphatic heterocycles. The van der Waals surface area contributed by atoms with E-state index in [2.05, 4.69) is 100 Å². The summed E-state index contributed by atoms with van der Waals surface area (Å²) in [5.41, 5.74) is 5.82. The molecule has 5 heteroatoms. The zero-order chi connectivity index (χ0) is 26.5. The van der Waals surface area contributed by atoms with Crippen molar-refractivity contribution in [3.63, 3.8) is 0 Å². The van der Waals surface area contributed by atoms with Gasteiger partial charge in [0.2, 0.25) is 0 Å². The maximum atomic E-state index is 6.45. The highest BCUT2D eigenvalue weighted by atomic mass is 16.7. The molecule has 7 aromatic rings. The van der Waals surface area contributed by atoms with E-state index in [9.17, 15) is 0 Å². The molecule has 0 saturated carbocycles. The van der Waals surface area contributed by atoms with Gasteiger partial charge in [0.1, 0.15) is 22.3 Å². The lowest BCUT2D eigenvalue weighted by Crippen LogP contribution is -2.41. The molecule has 3 heterocycles. The number of benzene rings is 5. The topological polar surface area (TPSA) is 44.7 Å². The minimum atomic E-state index is -0.474. The third-order valence-electron chi connectivity index (χ3n) is 8.71.